The van der Waals surface area contributed by atoms with Crippen LogP contribution in [0.1, 0.15) is 21.3 Å². The molecule has 15 heavy (non-hydrogen) atoms. The van der Waals surface area contributed by atoms with Gasteiger partial charge in [0.05, 0.1) is 18.1 Å². The van der Waals surface area contributed by atoms with Gasteiger partial charge in [0.15, 0.2) is 0 Å². The number of halogens is 2. The van der Waals surface area contributed by atoms with Gasteiger partial charge in [-0.2, -0.15) is 0 Å². The lowest BCUT2D eigenvalue weighted by molar-refractivity contribution is 0.0595. The summed E-state index contributed by atoms with van der Waals surface area (Å²) in [4.78, 5) is 11.2. The number of hydrogen-bond donors (Lipinski definition) is 0. The standard InChI is InChI=1S/C11H10ClFO2/c1-3-9(12)7-4-5-10(13)8(6-7)11(14)15-2/h3-6,9H,1H2,2H3. The van der Waals surface area contributed by atoms with Crippen LogP contribution in [0.25, 0.3) is 0 Å². The lowest BCUT2D eigenvalue weighted by Crippen LogP contribution is -2.05. The first-order valence-corrected chi connectivity index (χ1v) is 4.68. The molecule has 0 N–H and O–H groups in total. The van der Waals surface area contributed by atoms with Gasteiger partial charge in [0.25, 0.3) is 0 Å². The highest BCUT2D eigenvalue weighted by Crippen LogP contribution is 2.23. The average Bonchev–Trinajstić information content (AvgIpc) is 2.27. The molecule has 0 aliphatic rings. The highest BCUT2D eigenvalue weighted by molar-refractivity contribution is 6.22. The van der Waals surface area contributed by atoms with Crippen LogP contribution in [0.4, 0.5) is 4.39 Å². The van der Waals surface area contributed by atoms with Crippen molar-refractivity contribution in [1.29, 1.82) is 0 Å². The second-order valence-corrected chi connectivity index (χ2v) is 3.34. The summed E-state index contributed by atoms with van der Waals surface area (Å²) in [5.41, 5.74) is 0.482. The third-order valence-corrected chi connectivity index (χ3v) is 2.35. The molecule has 0 amide bonds. The van der Waals surface area contributed by atoms with Crippen LogP contribution in [0, 0.1) is 5.82 Å². The summed E-state index contributed by atoms with van der Waals surface area (Å²) >= 11 is 5.87. The Balaban J connectivity index is 3.16. The molecule has 1 aromatic carbocycles. The molecule has 0 aliphatic carbocycles. The van der Waals surface area contributed by atoms with Crippen LogP contribution in [0.2, 0.25) is 0 Å². The van der Waals surface area contributed by atoms with Crippen molar-refractivity contribution >= 4 is 17.6 Å². The fourth-order valence-electron chi connectivity index (χ4n) is 1.12. The van der Waals surface area contributed by atoms with Gasteiger partial charge in [-0.15, -0.1) is 18.2 Å². The van der Waals surface area contributed by atoms with E-state index in [1.807, 2.05) is 0 Å². The molecule has 80 valence electrons. The zero-order chi connectivity index (χ0) is 11.4. The van der Waals surface area contributed by atoms with E-state index in [1.54, 1.807) is 0 Å². The molecule has 0 aliphatic heterocycles. The maximum absolute atomic E-state index is 13.2. The summed E-state index contributed by atoms with van der Waals surface area (Å²) in [6.07, 6.45) is 1.50. The monoisotopic (exact) mass is 228 g/mol. The van der Waals surface area contributed by atoms with Gasteiger partial charge in [0.1, 0.15) is 5.82 Å². The lowest BCUT2D eigenvalue weighted by Gasteiger charge is -2.07. The molecule has 0 saturated carbocycles. The summed E-state index contributed by atoms with van der Waals surface area (Å²) < 4.78 is 17.6. The Hall–Kier alpha value is -1.35. The maximum Gasteiger partial charge on any atom is 0.340 e. The largest absolute Gasteiger partial charge is 0.465 e. The average molecular weight is 229 g/mol. The molecular weight excluding hydrogens is 219 g/mol. The Morgan fingerprint density at radius 3 is 2.87 bits per heavy atom. The third kappa shape index (κ3) is 2.57. The molecule has 1 unspecified atom stereocenters. The number of hydrogen-bond acceptors (Lipinski definition) is 2. The van der Waals surface area contributed by atoms with Crippen LogP contribution in [-0.4, -0.2) is 13.1 Å². The zero-order valence-corrected chi connectivity index (χ0v) is 8.92. The van der Waals surface area contributed by atoms with Crippen LogP contribution in [0.5, 0.6) is 0 Å². The van der Waals surface area contributed by atoms with Gasteiger partial charge in [0, 0.05) is 0 Å². The Labute approximate surface area is 92.3 Å². The van der Waals surface area contributed by atoms with Gasteiger partial charge < -0.3 is 4.74 Å². The van der Waals surface area contributed by atoms with Crippen molar-refractivity contribution in [2.75, 3.05) is 7.11 Å². The Bertz CT molecular complexity index is 390. The van der Waals surface area contributed by atoms with Crippen LogP contribution in [-0.2, 0) is 4.74 Å². The van der Waals surface area contributed by atoms with E-state index in [2.05, 4.69) is 11.3 Å². The van der Waals surface area contributed by atoms with Gasteiger partial charge in [-0.05, 0) is 17.7 Å². The van der Waals surface area contributed by atoms with Crippen molar-refractivity contribution in [2.24, 2.45) is 0 Å². The Kier molecular flexibility index (Phi) is 3.86. The van der Waals surface area contributed by atoms with Crippen LogP contribution in [0.15, 0.2) is 30.9 Å². The van der Waals surface area contributed by atoms with Gasteiger partial charge in [0.2, 0.25) is 0 Å². The lowest BCUT2D eigenvalue weighted by atomic mass is 10.1. The van der Waals surface area contributed by atoms with E-state index in [-0.39, 0.29) is 5.56 Å². The minimum Gasteiger partial charge on any atom is -0.465 e. The number of alkyl halides is 1. The van der Waals surface area contributed by atoms with E-state index in [0.29, 0.717) is 5.56 Å². The second-order valence-electron chi connectivity index (χ2n) is 2.87. The van der Waals surface area contributed by atoms with Gasteiger partial charge >= 0.3 is 5.97 Å². The van der Waals surface area contributed by atoms with E-state index >= 15 is 0 Å². The number of esters is 1. The third-order valence-electron chi connectivity index (χ3n) is 1.92. The summed E-state index contributed by atoms with van der Waals surface area (Å²) in [6, 6.07) is 4.04. The number of carbonyl (C=O) groups excluding carboxylic acids is 1. The SMILES string of the molecule is C=CC(Cl)c1ccc(F)c(C(=O)OC)c1. The fraction of sp³-hybridized carbons (Fsp3) is 0.182. The van der Waals surface area contributed by atoms with Crippen molar-refractivity contribution < 1.29 is 13.9 Å². The van der Waals surface area contributed by atoms with Crippen LogP contribution >= 0.6 is 11.6 Å². The highest BCUT2D eigenvalue weighted by atomic mass is 35.5. The minimum absolute atomic E-state index is 0.123. The molecule has 0 aromatic heterocycles. The predicted octanol–water partition coefficient (Wildman–Crippen LogP) is 3.08. The summed E-state index contributed by atoms with van der Waals surface area (Å²) in [6.45, 7) is 3.51. The first kappa shape index (κ1) is 11.7. The van der Waals surface area contributed by atoms with Gasteiger partial charge in [-0.25, -0.2) is 9.18 Å². The summed E-state index contributed by atoms with van der Waals surface area (Å²) in [5.74, 6) is -1.35. The molecule has 1 aromatic rings. The van der Waals surface area contributed by atoms with E-state index in [4.69, 9.17) is 11.6 Å². The van der Waals surface area contributed by atoms with Crippen molar-refractivity contribution in [3.63, 3.8) is 0 Å². The highest BCUT2D eigenvalue weighted by Gasteiger charge is 2.14. The van der Waals surface area contributed by atoms with E-state index in [1.165, 1.54) is 31.4 Å². The number of ether oxygens (including phenoxy) is 1. The van der Waals surface area contributed by atoms with E-state index < -0.39 is 17.2 Å². The van der Waals surface area contributed by atoms with Gasteiger partial charge in [-0.1, -0.05) is 12.1 Å². The predicted molar refractivity (Wildman–Crippen MR) is 56.5 cm³/mol. The van der Waals surface area contributed by atoms with Crippen molar-refractivity contribution in [3.8, 4) is 0 Å². The van der Waals surface area contributed by atoms with E-state index in [0.717, 1.165) is 0 Å². The maximum atomic E-state index is 13.2. The van der Waals surface area contributed by atoms with Crippen molar-refractivity contribution in [1.82, 2.24) is 0 Å². The number of carbonyl (C=O) groups is 1. The molecule has 0 bridgehead atoms. The number of methoxy groups -OCH3 is 1. The number of rotatable bonds is 3. The molecule has 0 heterocycles. The normalized spacial score (nSPS) is 11.9. The molecule has 1 atom stereocenters. The summed E-state index contributed by atoms with van der Waals surface area (Å²) in [5, 5.41) is -0.450. The van der Waals surface area contributed by atoms with Crippen LogP contribution < -0.4 is 0 Å². The molecule has 0 fully saturated rings. The molecule has 4 heteroatoms. The number of allylic oxidation sites excluding steroid dienone is 1. The molecule has 1 rings (SSSR count). The first-order valence-electron chi connectivity index (χ1n) is 4.24. The fourth-order valence-corrected chi connectivity index (χ4v) is 1.25. The first-order chi connectivity index (χ1) is 7.10. The quantitative estimate of drug-likeness (QED) is 0.452. The Morgan fingerprint density at radius 1 is 1.67 bits per heavy atom. The second kappa shape index (κ2) is 4.94. The zero-order valence-electron chi connectivity index (χ0n) is 8.17. The molecule has 2 nitrogen and oxygen atoms in total. The molecule has 0 spiro atoms. The molecular formula is C11H10ClFO2. The van der Waals surface area contributed by atoms with E-state index in [9.17, 15) is 9.18 Å². The van der Waals surface area contributed by atoms with Crippen molar-refractivity contribution in [3.05, 3.63) is 47.8 Å². The minimum atomic E-state index is -0.720. The van der Waals surface area contributed by atoms with Gasteiger partial charge in [-0.3, -0.25) is 0 Å². The number of benzene rings is 1. The molecule has 0 radical (unpaired) electrons. The topological polar surface area (TPSA) is 26.3 Å². The Morgan fingerprint density at radius 2 is 2.33 bits per heavy atom. The van der Waals surface area contributed by atoms with Crippen LogP contribution in [0.3, 0.4) is 0 Å². The van der Waals surface area contributed by atoms with Crippen molar-refractivity contribution in [2.45, 2.75) is 5.38 Å². The molecule has 0 saturated heterocycles. The summed E-state index contributed by atoms with van der Waals surface area (Å²) in [7, 11) is 1.19. The smallest absolute Gasteiger partial charge is 0.340 e.